The van der Waals surface area contributed by atoms with Gasteiger partial charge in [-0.05, 0) is 73.8 Å². The van der Waals surface area contributed by atoms with Gasteiger partial charge in [0.25, 0.3) is 0 Å². The molecule has 2 heterocycles. The fourth-order valence-corrected chi connectivity index (χ4v) is 4.46. The largest absolute Gasteiger partial charge is 0.493 e. The zero-order valence-electron chi connectivity index (χ0n) is 19.9. The third-order valence-corrected chi connectivity index (χ3v) is 6.41. The fourth-order valence-electron chi connectivity index (χ4n) is 4.46. The van der Waals surface area contributed by atoms with Crippen LogP contribution in [0.3, 0.4) is 0 Å². The number of nitrogens with zero attached hydrogens (tertiary/aromatic N) is 2. The summed E-state index contributed by atoms with van der Waals surface area (Å²) in [5, 5.41) is 0. The van der Waals surface area contributed by atoms with Crippen LogP contribution >= 0.6 is 0 Å². The molecular weight excluding hydrogens is 420 g/mol. The molecule has 0 saturated carbocycles. The molecule has 0 fully saturated rings. The Morgan fingerprint density at radius 3 is 2.42 bits per heavy atom. The second kappa shape index (κ2) is 10.8. The number of ether oxygens (including phenoxy) is 4. The van der Waals surface area contributed by atoms with Gasteiger partial charge in [-0.2, -0.15) is 0 Å². The molecule has 33 heavy (non-hydrogen) atoms. The minimum atomic E-state index is 0.193. The van der Waals surface area contributed by atoms with Gasteiger partial charge in [-0.25, -0.2) is 0 Å². The van der Waals surface area contributed by atoms with Crippen molar-refractivity contribution in [1.29, 1.82) is 0 Å². The number of amides is 1. The summed E-state index contributed by atoms with van der Waals surface area (Å²) >= 11 is 0. The van der Waals surface area contributed by atoms with E-state index in [-0.39, 0.29) is 5.91 Å². The molecule has 2 aromatic rings. The molecular formula is C26H34N2O5. The second-order valence-electron chi connectivity index (χ2n) is 8.67. The Bertz CT molecular complexity index is 977. The van der Waals surface area contributed by atoms with Gasteiger partial charge < -0.3 is 28.7 Å². The number of hydrogen-bond donors (Lipinski definition) is 0. The van der Waals surface area contributed by atoms with E-state index in [1.807, 2.05) is 23.1 Å². The SMILES string of the molecule is COc1ccc(CCN(C)CCCN2CCc3cc4c(cc3CC2=O)OCCO4)cc1OC. The molecule has 2 aliphatic rings. The molecule has 0 saturated heterocycles. The lowest BCUT2D eigenvalue weighted by molar-refractivity contribution is -0.130. The van der Waals surface area contributed by atoms with E-state index in [0.29, 0.717) is 19.6 Å². The van der Waals surface area contributed by atoms with E-state index in [9.17, 15) is 4.79 Å². The summed E-state index contributed by atoms with van der Waals surface area (Å²) in [6, 6.07) is 10.1. The van der Waals surface area contributed by atoms with Crippen molar-refractivity contribution in [2.75, 3.05) is 60.7 Å². The van der Waals surface area contributed by atoms with E-state index >= 15 is 0 Å². The van der Waals surface area contributed by atoms with E-state index in [2.05, 4.69) is 24.1 Å². The summed E-state index contributed by atoms with van der Waals surface area (Å²) in [7, 11) is 5.44. The maximum atomic E-state index is 12.9. The van der Waals surface area contributed by atoms with E-state index in [4.69, 9.17) is 18.9 Å². The Morgan fingerprint density at radius 2 is 1.70 bits per heavy atom. The van der Waals surface area contributed by atoms with Gasteiger partial charge in [0.2, 0.25) is 5.91 Å². The highest BCUT2D eigenvalue weighted by Gasteiger charge is 2.23. The molecule has 2 aromatic carbocycles. The first kappa shape index (κ1) is 23.2. The van der Waals surface area contributed by atoms with Gasteiger partial charge in [-0.3, -0.25) is 4.79 Å². The van der Waals surface area contributed by atoms with Crippen LogP contribution in [-0.4, -0.2) is 76.4 Å². The first-order chi connectivity index (χ1) is 16.1. The van der Waals surface area contributed by atoms with E-state index in [1.54, 1.807) is 14.2 Å². The van der Waals surface area contributed by atoms with Gasteiger partial charge in [-0.1, -0.05) is 6.07 Å². The molecule has 0 unspecified atom stereocenters. The molecule has 0 atom stereocenters. The Balaban J connectivity index is 1.24. The van der Waals surface area contributed by atoms with Gasteiger partial charge in [0.1, 0.15) is 13.2 Å². The van der Waals surface area contributed by atoms with Crippen LogP contribution in [-0.2, 0) is 24.1 Å². The molecule has 0 radical (unpaired) electrons. The van der Waals surface area contributed by atoms with E-state index in [1.165, 1.54) is 11.1 Å². The Morgan fingerprint density at radius 1 is 0.970 bits per heavy atom. The summed E-state index contributed by atoms with van der Waals surface area (Å²) in [5.41, 5.74) is 3.48. The van der Waals surface area contributed by atoms with Crippen LogP contribution in [0.5, 0.6) is 23.0 Å². The normalized spacial score (nSPS) is 15.3. The quantitative estimate of drug-likeness (QED) is 0.581. The van der Waals surface area contributed by atoms with Crippen molar-refractivity contribution in [1.82, 2.24) is 9.80 Å². The minimum absolute atomic E-state index is 0.193. The van der Waals surface area contributed by atoms with Crippen LogP contribution in [0.2, 0.25) is 0 Å². The summed E-state index contributed by atoms with van der Waals surface area (Å²) in [5.74, 6) is 3.27. The van der Waals surface area contributed by atoms with Gasteiger partial charge in [0, 0.05) is 19.6 Å². The molecule has 0 spiro atoms. The smallest absolute Gasteiger partial charge is 0.227 e. The maximum Gasteiger partial charge on any atom is 0.227 e. The number of benzene rings is 2. The van der Waals surface area contributed by atoms with Crippen molar-refractivity contribution in [3.63, 3.8) is 0 Å². The lowest BCUT2D eigenvalue weighted by atomic mass is 10.0. The average Bonchev–Trinajstić information content (AvgIpc) is 2.98. The van der Waals surface area contributed by atoms with Gasteiger partial charge in [0.15, 0.2) is 23.0 Å². The van der Waals surface area contributed by atoms with Gasteiger partial charge >= 0.3 is 0 Å². The molecule has 0 aromatic heterocycles. The second-order valence-corrected chi connectivity index (χ2v) is 8.67. The van der Waals surface area contributed by atoms with Crippen LogP contribution in [0.4, 0.5) is 0 Å². The number of fused-ring (bicyclic) bond motifs is 2. The minimum Gasteiger partial charge on any atom is -0.493 e. The fraction of sp³-hybridized carbons (Fsp3) is 0.500. The molecule has 0 N–H and O–H groups in total. The van der Waals surface area contributed by atoms with Gasteiger partial charge in [-0.15, -0.1) is 0 Å². The maximum absolute atomic E-state index is 12.9. The van der Waals surface area contributed by atoms with Crippen LogP contribution < -0.4 is 18.9 Å². The summed E-state index contributed by atoms with van der Waals surface area (Å²) < 4.78 is 22.1. The molecule has 2 aliphatic heterocycles. The Hall–Kier alpha value is -2.93. The van der Waals surface area contributed by atoms with Gasteiger partial charge in [0.05, 0.1) is 20.6 Å². The van der Waals surface area contributed by atoms with Crippen LogP contribution in [0, 0.1) is 0 Å². The molecule has 0 aliphatic carbocycles. The van der Waals surface area contributed by atoms with Crippen LogP contribution in [0.1, 0.15) is 23.1 Å². The molecule has 1 amide bonds. The number of rotatable bonds is 9. The third kappa shape index (κ3) is 5.71. The highest BCUT2D eigenvalue weighted by molar-refractivity contribution is 5.80. The monoisotopic (exact) mass is 454 g/mol. The van der Waals surface area contributed by atoms with Crippen LogP contribution in [0.25, 0.3) is 0 Å². The van der Waals surface area contributed by atoms with Crippen molar-refractivity contribution >= 4 is 5.91 Å². The molecule has 7 heteroatoms. The topological polar surface area (TPSA) is 60.5 Å². The molecule has 4 rings (SSSR count). The number of likely N-dealkylation sites (N-methyl/N-ethyl adjacent to an activating group) is 1. The summed E-state index contributed by atoms with van der Waals surface area (Å²) in [6.07, 6.45) is 3.17. The highest BCUT2D eigenvalue weighted by atomic mass is 16.6. The Kier molecular flexibility index (Phi) is 7.60. The predicted octanol–water partition coefficient (Wildman–Crippen LogP) is 2.97. The predicted molar refractivity (Wildman–Crippen MR) is 127 cm³/mol. The number of carbonyl (C=O) groups is 1. The molecule has 178 valence electrons. The van der Waals surface area contributed by atoms with E-state index < -0.39 is 0 Å². The van der Waals surface area contributed by atoms with Crippen molar-refractivity contribution in [2.24, 2.45) is 0 Å². The lowest BCUT2D eigenvalue weighted by Gasteiger charge is -2.23. The Labute approximate surface area is 196 Å². The van der Waals surface area contributed by atoms with Crippen molar-refractivity contribution in [3.8, 4) is 23.0 Å². The zero-order valence-corrected chi connectivity index (χ0v) is 19.9. The third-order valence-electron chi connectivity index (χ3n) is 6.41. The van der Waals surface area contributed by atoms with Crippen LogP contribution in [0.15, 0.2) is 30.3 Å². The highest BCUT2D eigenvalue weighted by Crippen LogP contribution is 2.34. The number of carbonyl (C=O) groups excluding carboxylic acids is 1. The molecule has 0 bridgehead atoms. The number of hydrogen-bond acceptors (Lipinski definition) is 6. The molecule has 7 nitrogen and oxygen atoms in total. The lowest BCUT2D eigenvalue weighted by Crippen LogP contribution is -2.35. The van der Waals surface area contributed by atoms with Crippen molar-refractivity contribution in [3.05, 3.63) is 47.0 Å². The van der Waals surface area contributed by atoms with Crippen molar-refractivity contribution < 1.29 is 23.7 Å². The standard InChI is InChI=1S/C26H34N2O5/c1-27(11-7-19-5-6-22(30-2)23(15-19)31-3)9-4-10-28-12-8-20-16-24-25(33-14-13-32-24)17-21(20)18-26(28)29/h5-6,15-17H,4,7-14,18H2,1-3H3. The summed E-state index contributed by atoms with van der Waals surface area (Å²) in [6.45, 7) is 4.56. The van der Waals surface area contributed by atoms with E-state index in [0.717, 1.165) is 74.0 Å². The van der Waals surface area contributed by atoms with Crippen molar-refractivity contribution in [2.45, 2.75) is 25.7 Å². The first-order valence-corrected chi connectivity index (χ1v) is 11.7. The first-order valence-electron chi connectivity index (χ1n) is 11.7. The number of methoxy groups -OCH3 is 2. The zero-order chi connectivity index (χ0) is 23.2. The average molecular weight is 455 g/mol. The summed E-state index contributed by atoms with van der Waals surface area (Å²) in [4.78, 5) is 17.2.